The van der Waals surface area contributed by atoms with Crippen LogP contribution in [0.1, 0.15) is 30.9 Å². The monoisotopic (exact) mass is 393 g/mol. The summed E-state index contributed by atoms with van der Waals surface area (Å²) in [6.07, 6.45) is 7.39. The highest BCUT2D eigenvalue weighted by Crippen LogP contribution is 2.52. The third-order valence-corrected chi connectivity index (χ3v) is 7.12. The second kappa shape index (κ2) is 7.41. The highest BCUT2D eigenvalue weighted by molar-refractivity contribution is 6.08. The smallest absolute Gasteiger partial charge is 0.240 e. The number of carbonyl (C=O) groups is 3. The van der Waals surface area contributed by atoms with Gasteiger partial charge < -0.3 is 5.32 Å². The van der Waals surface area contributed by atoms with E-state index < -0.39 is 0 Å². The van der Waals surface area contributed by atoms with Crippen LogP contribution in [-0.2, 0) is 14.4 Å². The van der Waals surface area contributed by atoms with Crippen molar-refractivity contribution in [2.45, 2.75) is 25.3 Å². The van der Waals surface area contributed by atoms with Crippen LogP contribution in [0.3, 0.4) is 0 Å². The third kappa shape index (κ3) is 3.19. The van der Waals surface area contributed by atoms with Crippen LogP contribution in [0, 0.1) is 23.7 Å². The van der Waals surface area contributed by atoms with E-state index in [2.05, 4.69) is 34.5 Å². The number of hydrogen-bond donors (Lipinski definition) is 1. The molecule has 0 radical (unpaired) electrons. The van der Waals surface area contributed by atoms with Crippen LogP contribution in [0.4, 0.5) is 0 Å². The molecule has 6 nitrogen and oxygen atoms in total. The minimum Gasteiger partial charge on any atom is -0.353 e. The Kier molecular flexibility index (Phi) is 4.74. The summed E-state index contributed by atoms with van der Waals surface area (Å²) < 4.78 is 0. The molecule has 1 aromatic rings. The van der Waals surface area contributed by atoms with Crippen molar-refractivity contribution in [1.29, 1.82) is 0 Å². The molecule has 5 atom stereocenters. The number of hydrogen-bond acceptors (Lipinski definition) is 4. The lowest BCUT2D eigenvalue weighted by Gasteiger charge is -2.28. The largest absolute Gasteiger partial charge is 0.353 e. The summed E-state index contributed by atoms with van der Waals surface area (Å²) in [6, 6.07) is 10.3. The molecule has 0 aromatic heterocycles. The lowest BCUT2D eigenvalue weighted by molar-refractivity contribution is -0.144. The van der Waals surface area contributed by atoms with Crippen molar-refractivity contribution in [3.05, 3.63) is 48.0 Å². The zero-order valence-electron chi connectivity index (χ0n) is 16.5. The van der Waals surface area contributed by atoms with Crippen LogP contribution < -0.4 is 5.32 Å². The predicted octanol–water partition coefficient (Wildman–Crippen LogP) is 1.75. The topological polar surface area (TPSA) is 69.7 Å². The number of fused-ring (bicyclic) bond motifs is 5. The summed E-state index contributed by atoms with van der Waals surface area (Å²) in [6.45, 7) is 2.37. The van der Waals surface area contributed by atoms with Gasteiger partial charge in [-0.15, -0.1) is 0 Å². The second-order valence-corrected chi connectivity index (χ2v) is 8.74. The Bertz CT molecular complexity index is 816. The van der Waals surface area contributed by atoms with Crippen molar-refractivity contribution >= 4 is 17.7 Å². The average molecular weight is 393 g/mol. The lowest BCUT2D eigenvalue weighted by atomic mass is 9.85. The first-order valence-corrected chi connectivity index (χ1v) is 10.7. The van der Waals surface area contributed by atoms with Crippen molar-refractivity contribution in [3.63, 3.8) is 0 Å². The van der Waals surface area contributed by atoms with Gasteiger partial charge in [-0.1, -0.05) is 42.5 Å². The van der Waals surface area contributed by atoms with Gasteiger partial charge in [0, 0.05) is 6.54 Å². The van der Waals surface area contributed by atoms with Gasteiger partial charge in [-0.3, -0.25) is 24.2 Å². The molecule has 5 rings (SSSR count). The van der Waals surface area contributed by atoms with Crippen LogP contribution >= 0.6 is 0 Å². The minimum absolute atomic E-state index is 0.118. The number of carbonyl (C=O) groups excluding carboxylic acids is 3. The average Bonchev–Trinajstić information content (AvgIpc) is 3.51. The Balaban J connectivity index is 1.22. The van der Waals surface area contributed by atoms with E-state index in [1.165, 1.54) is 23.3 Å². The number of imide groups is 1. The molecule has 1 saturated carbocycles. The highest BCUT2D eigenvalue weighted by atomic mass is 16.2. The normalized spacial score (nSPS) is 31.5. The first-order valence-electron chi connectivity index (χ1n) is 10.7. The standard InChI is InChI=1S/C23H27N3O3/c27-19(14-26-22(28)20-16-8-9-17(12-16)21(20)23(26)29)24-13-18(25-10-4-5-11-25)15-6-2-1-3-7-15/h1-3,6-9,16-18,20-21H,4-5,10-14H2,(H,24,27). The summed E-state index contributed by atoms with van der Waals surface area (Å²) in [7, 11) is 0. The zero-order chi connectivity index (χ0) is 20.0. The summed E-state index contributed by atoms with van der Waals surface area (Å²) in [5.41, 5.74) is 1.18. The SMILES string of the molecule is O=C(CN1C(=O)C2C3C=CC(C3)C2C1=O)NCC(c1ccccc1)N1CCCC1. The lowest BCUT2D eigenvalue weighted by Crippen LogP contribution is -2.44. The number of benzene rings is 1. The fourth-order valence-corrected chi connectivity index (χ4v) is 5.72. The minimum atomic E-state index is -0.257. The van der Waals surface area contributed by atoms with E-state index in [0.717, 1.165) is 19.5 Å². The molecule has 2 aliphatic carbocycles. The van der Waals surface area contributed by atoms with E-state index in [-0.39, 0.29) is 54.0 Å². The van der Waals surface area contributed by atoms with Gasteiger partial charge in [0.25, 0.3) is 0 Å². The molecule has 6 heteroatoms. The Labute approximate surface area is 170 Å². The van der Waals surface area contributed by atoms with Crippen molar-refractivity contribution in [2.75, 3.05) is 26.2 Å². The molecule has 2 bridgehead atoms. The van der Waals surface area contributed by atoms with E-state index in [1.54, 1.807) is 0 Å². The van der Waals surface area contributed by atoms with Crippen LogP contribution in [0.2, 0.25) is 0 Å². The molecule has 29 heavy (non-hydrogen) atoms. The first kappa shape index (κ1) is 18.6. The molecule has 2 aliphatic heterocycles. The summed E-state index contributed by atoms with van der Waals surface area (Å²) in [5, 5.41) is 2.99. The van der Waals surface area contributed by atoms with Crippen molar-refractivity contribution in [2.24, 2.45) is 23.7 Å². The maximum Gasteiger partial charge on any atom is 0.240 e. The van der Waals surface area contributed by atoms with Crippen molar-refractivity contribution in [3.8, 4) is 0 Å². The van der Waals surface area contributed by atoms with Crippen molar-refractivity contribution in [1.82, 2.24) is 15.1 Å². The van der Waals surface area contributed by atoms with Gasteiger partial charge in [-0.05, 0) is 49.8 Å². The fraction of sp³-hybridized carbons (Fsp3) is 0.522. The van der Waals surface area contributed by atoms with Gasteiger partial charge in [0.05, 0.1) is 17.9 Å². The second-order valence-electron chi connectivity index (χ2n) is 8.74. The Morgan fingerprint density at radius 2 is 1.62 bits per heavy atom. The van der Waals surface area contributed by atoms with E-state index in [9.17, 15) is 14.4 Å². The molecule has 3 fully saturated rings. The fourth-order valence-electron chi connectivity index (χ4n) is 5.72. The molecule has 5 unspecified atom stereocenters. The molecule has 2 heterocycles. The van der Waals surface area contributed by atoms with Crippen LogP contribution in [0.25, 0.3) is 0 Å². The number of amides is 3. The molecule has 1 N–H and O–H groups in total. The number of likely N-dealkylation sites (tertiary alicyclic amines) is 2. The summed E-state index contributed by atoms with van der Waals surface area (Å²) in [5.74, 6) is -0.720. The number of rotatable bonds is 6. The van der Waals surface area contributed by atoms with E-state index in [1.807, 2.05) is 18.2 Å². The molecule has 1 aromatic carbocycles. The summed E-state index contributed by atoms with van der Waals surface area (Å²) in [4.78, 5) is 41.8. The van der Waals surface area contributed by atoms with Crippen LogP contribution in [0.15, 0.2) is 42.5 Å². The molecular weight excluding hydrogens is 366 g/mol. The van der Waals surface area contributed by atoms with Crippen molar-refractivity contribution < 1.29 is 14.4 Å². The highest BCUT2D eigenvalue weighted by Gasteiger charge is 2.59. The Morgan fingerprint density at radius 1 is 1.00 bits per heavy atom. The molecule has 152 valence electrons. The third-order valence-electron chi connectivity index (χ3n) is 7.12. The van der Waals surface area contributed by atoms with E-state index in [4.69, 9.17) is 0 Å². The van der Waals surface area contributed by atoms with Gasteiger partial charge in [-0.2, -0.15) is 0 Å². The van der Waals surface area contributed by atoms with Crippen LogP contribution in [0.5, 0.6) is 0 Å². The van der Waals surface area contributed by atoms with E-state index in [0.29, 0.717) is 6.54 Å². The number of allylic oxidation sites excluding steroid dienone is 2. The summed E-state index contributed by atoms with van der Waals surface area (Å²) >= 11 is 0. The Morgan fingerprint density at radius 3 is 2.24 bits per heavy atom. The quantitative estimate of drug-likeness (QED) is 0.591. The zero-order valence-corrected chi connectivity index (χ0v) is 16.5. The molecule has 0 spiro atoms. The number of nitrogens with zero attached hydrogens (tertiary/aromatic N) is 2. The molecule has 3 amide bonds. The van der Waals surface area contributed by atoms with Gasteiger partial charge in [0.1, 0.15) is 6.54 Å². The van der Waals surface area contributed by atoms with Gasteiger partial charge in [-0.25, -0.2) is 0 Å². The molecule has 2 saturated heterocycles. The van der Waals surface area contributed by atoms with Crippen LogP contribution in [-0.4, -0.2) is 53.7 Å². The first-order chi connectivity index (χ1) is 14.1. The number of nitrogens with one attached hydrogen (secondary N) is 1. The Hall–Kier alpha value is -2.47. The van der Waals surface area contributed by atoms with E-state index >= 15 is 0 Å². The van der Waals surface area contributed by atoms with Gasteiger partial charge in [0.15, 0.2) is 0 Å². The predicted molar refractivity (Wildman–Crippen MR) is 107 cm³/mol. The maximum atomic E-state index is 12.8. The van der Waals surface area contributed by atoms with Gasteiger partial charge in [0.2, 0.25) is 17.7 Å². The maximum absolute atomic E-state index is 12.8. The van der Waals surface area contributed by atoms with Gasteiger partial charge >= 0.3 is 0 Å². The molecule has 4 aliphatic rings. The molecular formula is C23H27N3O3.